The van der Waals surface area contributed by atoms with Crippen molar-refractivity contribution in [2.75, 3.05) is 11.1 Å². The molecule has 0 fully saturated rings. The number of anilines is 3. The third-order valence-electron chi connectivity index (χ3n) is 2.69. The Morgan fingerprint density at radius 1 is 1.15 bits per heavy atom. The van der Waals surface area contributed by atoms with Gasteiger partial charge < -0.3 is 11.1 Å². The van der Waals surface area contributed by atoms with Crippen molar-refractivity contribution in [3.05, 3.63) is 47.5 Å². The number of nitrogens with one attached hydrogen (secondary N) is 1. The molecule has 0 aliphatic carbocycles. The molecule has 0 amide bonds. The number of hydrogen-bond donors (Lipinski definition) is 2. The molecule has 0 saturated carbocycles. The number of fused-ring (bicyclic) bond motifs is 1. The molecule has 0 spiro atoms. The van der Waals surface area contributed by atoms with E-state index in [0.717, 1.165) is 0 Å². The van der Waals surface area contributed by atoms with Crippen LogP contribution in [0.2, 0.25) is 5.02 Å². The van der Waals surface area contributed by atoms with Gasteiger partial charge in [0.15, 0.2) is 5.82 Å². The largest absolute Gasteiger partial charge is 0.384 e. The maximum absolute atomic E-state index is 13.1. The Bertz CT molecular complexity index is 793. The zero-order valence-corrected chi connectivity index (χ0v) is 10.9. The van der Waals surface area contributed by atoms with Crippen LogP contribution in [-0.4, -0.2) is 15.0 Å². The Labute approximate surface area is 118 Å². The minimum Gasteiger partial charge on any atom is -0.384 e. The average molecular weight is 290 g/mol. The maximum atomic E-state index is 13.1. The van der Waals surface area contributed by atoms with Crippen LogP contribution in [0.5, 0.6) is 0 Å². The summed E-state index contributed by atoms with van der Waals surface area (Å²) in [5, 5.41) is 3.05. The van der Waals surface area contributed by atoms with Crippen LogP contribution in [0.3, 0.4) is 0 Å². The zero-order chi connectivity index (χ0) is 14.1. The highest BCUT2D eigenvalue weighted by Crippen LogP contribution is 2.25. The van der Waals surface area contributed by atoms with Gasteiger partial charge in [-0.2, -0.15) is 0 Å². The molecule has 7 heteroatoms. The molecule has 100 valence electrons. The number of pyridine rings is 1. The fraction of sp³-hybridized carbons (Fsp3) is 0. The van der Waals surface area contributed by atoms with Crippen LogP contribution < -0.4 is 11.1 Å². The summed E-state index contributed by atoms with van der Waals surface area (Å²) in [6.45, 7) is 0. The van der Waals surface area contributed by atoms with E-state index in [4.69, 9.17) is 17.3 Å². The van der Waals surface area contributed by atoms with Crippen molar-refractivity contribution in [3.8, 4) is 0 Å². The van der Waals surface area contributed by atoms with Crippen molar-refractivity contribution < 1.29 is 4.39 Å². The standard InChI is InChI=1S/C13H9ClFN5/c14-8-5-7(1-2-9(8)15)19-13-12-10(17-6-18-13)3-4-11(16)20-12/h1-6H,(H2,16,20)(H,17,18,19). The van der Waals surface area contributed by atoms with Gasteiger partial charge in [-0.1, -0.05) is 11.6 Å². The Hall–Kier alpha value is -2.47. The summed E-state index contributed by atoms with van der Waals surface area (Å²) in [4.78, 5) is 12.4. The minimum atomic E-state index is -0.480. The van der Waals surface area contributed by atoms with Crippen LogP contribution in [0.25, 0.3) is 11.0 Å². The molecular formula is C13H9ClFN5. The number of halogens is 2. The molecule has 2 aromatic heterocycles. The highest BCUT2D eigenvalue weighted by atomic mass is 35.5. The predicted octanol–water partition coefficient (Wildman–Crippen LogP) is 3.14. The van der Waals surface area contributed by atoms with Crippen molar-refractivity contribution in [1.29, 1.82) is 0 Å². The second kappa shape index (κ2) is 4.90. The maximum Gasteiger partial charge on any atom is 0.160 e. The Kier molecular flexibility index (Phi) is 3.08. The van der Waals surface area contributed by atoms with Gasteiger partial charge in [-0.25, -0.2) is 19.3 Å². The lowest BCUT2D eigenvalue weighted by Crippen LogP contribution is -1.99. The van der Waals surface area contributed by atoms with Crippen molar-refractivity contribution in [2.45, 2.75) is 0 Å². The molecule has 2 heterocycles. The van der Waals surface area contributed by atoms with Crippen LogP contribution in [0.15, 0.2) is 36.7 Å². The van der Waals surface area contributed by atoms with Gasteiger partial charge in [0.05, 0.1) is 10.5 Å². The van der Waals surface area contributed by atoms with Crippen molar-refractivity contribution in [3.63, 3.8) is 0 Å². The lowest BCUT2D eigenvalue weighted by molar-refractivity contribution is 0.628. The molecular weight excluding hydrogens is 281 g/mol. The number of aromatic nitrogens is 3. The van der Waals surface area contributed by atoms with Gasteiger partial charge in [0, 0.05) is 5.69 Å². The van der Waals surface area contributed by atoms with Gasteiger partial charge >= 0.3 is 0 Å². The number of hydrogen-bond acceptors (Lipinski definition) is 5. The third kappa shape index (κ3) is 2.33. The van der Waals surface area contributed by atoms with Gasteiger partial charge in [-0.15, -0.1) is 0 Å². The Morgan fingerprint density at radius 2 is 2.00 bits per heavy atom. The molecule has 0 radical (unpaired) electrons. The van der Waals surface area contributed by atoms with E-state index in [1.165, 1.54) is 18.5 Å². The summed E-state index contributed by atoms with van der Waals surface area (Å²) < 4.78 is 13.1. The van der Waals surface area contributed by atoms with Crippen molar-refractivity contribution in [2.24, 2.45) is 0 Å². The number of rotatable bonds is 2. The molecule has 0 aliphatic rings. The van der Waals surface area contributed by atoms with Crippen molar-refractivity contribution >= 4 is 40.0 Å². The van der Waals surface area contributed by atoms with Gasteiger partial charge in [0.1, 0.15) is 23.5 Å². The van der Waals surface area contributed by atoms with Gasteiger partial charge in [0.2, 0.25) is 0 Å². The first-order valence-corrected chi connectivity index (χ1v) is 6.10. The van der Waals surface area contributed by atoms with E-state index in [9.17, 15) is 4.39 Å². The van der Waals surface area contributed by atoms with E-state index in [0.29, 0.717) is 28.4 Å². The van der Waals surface area contributed by atoms with E-state index < -0.39 is 5.82 Å². The monoisotopic (exact) mass is 289 g/mol. The minimum absolute atomic E-state index is 0.0286. The first kappa shape index (κ1) is 12.6. The summed E-state index contributed by atoms with van der Waals surface area (Å²) in [6, 6.07) is 7.71. The highest BCUT2D eigenvalue weighted by molar-refractivity contribution is 6.31. The van der Waals surface area contributed by atoms with Gasteiger partial charge in [-0.05, 0) is 30.3 Å². The topological polar surface area (TPSA) is 76.7 Å². The Morgan fingerprint density at radius 3 is 2.80 bits per heavy atom. The second-order valence-electron chi connectivity index (χ2n) is 4.08. The highest BCUT2D eigenvalue weighted by Gasteiger charge is 2.07. The second-order valence-corrected chi connectivity index (χ2v) is 4.49. The average Bonchev–Trinajstić information content (AvgIpc) is 2.44. The molecule has 1 aromatic carbocycles. The Balaban J connectivity index is 2.05. The predicted molar refractivity (Wildman–Crippen MR) is 76.4 cm³/mol. The molecule has 0 bridgehead atoms. The van der Waals surface area contributed by atoms with E-state index >= 15 is 0 Å². The fourth-order valence-electron chi connectivity index (χ4n) is 1.76. The van der Waals surface area contributed by atoms with Gasteiger partial charge in [0.25, 0.3) is 0 Å². The summed E-state index contributed by atoms with van der Waals surface area (Å²) >= 11 is 5.74. The first-order valence-electron chi connectivity index (χ1n) is 5.73. The lowest BCUT2D eigenvalue weighted by Gasteiger charge is -2.08. The molecule has 3 rings (SSSR count). The van der Waals surface area contributed by atoms with Crippen LogP contribution >= 0.6 is 11.6 Å². The fourth-order valence-corrected chi connectivity index (χ4v) is 1.94. The molecule has 3 N–H and O–H groups in total. The molecule has 5 nitrogen and oxygen atoms in total. The van der Waals surface area contributed by atoms with Crippen molar-refractivity contribution in [1.82, 2.24) is 15.0 Å². The molecule has 20 heavy (non-hydrogen) atoms. The van der Waals surface area contributed by atoms with E-state index in [1.807, 2.05) is 0 Å². The number of benzene rings is 1. The number of nitrogen functional groups attached to an aromatic ring is 1. The zero-order valence-electron chi connectivity index (χ0n) is 10.1. The van der Waals surface area contributed by atoms with Crippen LogP contribution in [0.1, 0.15) is 0 Å². The van der Waals surface area contributed by atoms with Gasteiger partial charge in [-0.3, -0.25) is 0 Å². The molecule has 0 atom stereocenters. The molecule has 3 aromatic rings. The molecule has 0 unspecified atom stereocenters. The van der Waals surface area contributed by atoms with Crippen LogP contribution in [0.4, 0.5) is 21.7 Å². The summed E-state index contributed by atoms with van der Waals surface area (Å²) in [5.41, 5.74) is 7.46. The molecule has 0 saturated heterocycles. The van der Waals surface area contributed by atoms with E-state index in [1.54, 1.807) is 18.2 Å². The molecule has 0 aliphatic heterocycles. The number of nitrogens with two attached hydrogens (primary N) is 1. The van der Waals surface area contributed by atoms with Crippen LogP contribution in [-0.2, 0) is 0 Å². The summed E-state index contributed by atoms with van der Waals surface area (Å²) in [6.07, 6.45) is 1.41. The summed E-state index contributed by atoms with van der Waals surface area (Å²) in [7, 11) is 0. The summed E-state index contributed by atoms with van der Waals surface area (Å²) in [5.74, 6) is 0.365. The van der Waals surface area contributed by atoms with E-state index in [2.05, 4.69) is 20.3 Å². The third-order valence-corrected chi connectivity index (χ3v) is 2.98. The smallest absolute Gasteiger partial charge is 0.160 e. The number of nitrogens with zero attached hydrogens (tertiary/aromatic N) is 3. The quantitative estimate of drug-likeness (QED) is 0.758. The normalized spacial score (nSPS) is 10.7. The van der Waals surface area contributed by atoms with E-state index in [-0.39, 0.29) is 5.02 Å². The lowest BCUT2D eigenvalue weighted by atomic mass is 10.3. The van der Waals surface area contributed by atoms with Crippen LogP contribution in [0, 0.1) is 5.82 Å². The first-order chi connectivity index (χ1) is 9.63. The SMILES string of the molecule is Nc1ccc2ncnc(Nc3ccc(F)c(Cl)c3)c2n1.